The standard InChI is InChI=1S/C10H7BrFNO/c1-6-2-3-7(9(14)4-11)10(12)8(6)5-13/h2-3H,4H2,1H3. The summed E-state index contributed by atoms with van der Waals surface area (Å²) in [6.45, 7) is 1.63. The summed E-state index contributed by atoms with van der Waals surface area (Å²) in [6, 6.07) is 4.71. The lowest BCUT2D eigenvalue weighted by atomic mass is 10.0. The first-order chi connectivity index (χ1) is 6.61. The maximum atomic E-state index is 13.5. The Kier molecular flexibility index (Phi) is 3.37. The van der Waals surface area contributed by atoms with Crippen LogP contribution in [0.1, 0.15) is 21.5 Å². The van der Waals surface area contributed by atoms with E-state index in [1.54, 1.807) is 19.1 Å². The molecule has 0 saturated heterocycles. The van der Waals surface area contributed by atoms with Crippen LogP contribution >= 0.6 is 15.9 Å². The number of hydrogen-bond acceptors (Lipinski definition) is 2. The van der Waals surface area contributed by atoms with Gasteiger partial charge in [-0.3, -0.25) is 4.79 Å². The van der Waals surface area contributed by atoms with Crippen molar-refractivity contribution in [2.45, 2.75) is 6.92 Å². The van der Waals surface area contributed by atoms with Crippen molar-refractivity contribution >= 4 is 21.7 Å². The molecule has 0 fully saturated rings. The highest BCUT2D eigenvalue weighted by Crippen LogP contribution is 2.17. The number of rotatable bonds is 2. The van der Waals surface area contributed by atoms with Crippen LogP contribution in [0.4, 0.5) is 4.39 Å². The number of nitriles is 1. The zero-order valence-electron chi connectivity index (χ0n) is 7.47. The number of ketones is 1. The minimum absolute atomic E-state index is 0.0379. The Labute approximate surface area is 89.5 Å². The summed E-state index contributed by atoms with van der Waals surface area (Å²) in [7, 11) is 0. The van der Waals surface area contributed by atoms with Gasteiger partial charge in [0.2, 0.25) is 0 Å². The van der Waals surface area contributed by atoms with Crippen LogP contribution in [-0.2, 0) is 0 Å². The maximum absolute atomic E-state index is 13.5. The number of carbonyl (C=O) groups is 1. The Hall–Kier alpha value is -1.21. The third-order valence-electron chi connectivity index (χ3n) is 1.88. The third kappa shape index (κ3) is 1.83. The minimum Gasteiger partial charge on any atom is -0.293 e. The molecule has 0 spiro atoms. The molecule has 0 radical (unpaired) electrons. The molecule has 0 unspecified atom stereocenters. The Balaban J connectivity index is 3.37. The Morgan fingerprint density at radius 1 is 1.64 bits per heavy atom. The topological polar surface area (TPSA) is 40.9 Å². The first-order valence-corrected chi connectivity index (χ1v) is 5.02. The smallest absolute Gasteiger partial charge is 0.176 e. The average Bonchev–Trinajstić information content (AvgIpc) is 2.18. The summed E-state index contributed by atoms with van der Waals surface area (Å²) in [4.78, 5) is 11.2. The molecule has 0 aromatic heterocycles. The quantitative estimate of drug-likeness (QED) is 0.602. The van der Waals surface area contributed by atoms with Crippen molar-refractivity contribution in [3.8, 4) is 6.07 Å². The van der Waals surface area contributed by atoms with Gasteiger partial charge in [-0.05, 0) is 18.6 Å². The van der Waals surface area contributed by atoms with Gasteiger partial charge >= 0.3 is 0 Å². The Bertz CT molecular complexity index is 423. The fraction of sp³-hybridized carbons (Fsp3) is 0.200. The van der Waals surface area contributed by atoms with Crippen molar-refractivity contribution in [2.24, 2.45) is 0 Å². The van der Waals surface area contributed by atoms with E-state index in [0.29, 0.717) is 5.56 Å². The second kappa shape index (κ2) is 4.34. The first kappa shape index (κ1) is 10.9. The largest absolute Gasteiger partial charge is 0.293 e. The fourth-order valence-electron chi connectivity index (χ4n) is 1.10. The van der Waals surface area contributed by atoms with Crippen LogP contribution in [0.15, 0.2) is 12.1 Å². The molecule has 1 rings (SSSR count). The first-order valence-electron chi connectivity index (χ1n) is 3.90. The van der Waals surface area contributed by atoms with Crippen LogP contribution in [0.25, 0.3) is 0 Å². The molecule has 1 aromatic rings. The molecule has 1 aromatic carbocycles. The number of nitrogens with zero attached hydrogens (tertiary/aromatic N) is 1. The van der Waals surface area contributed by atoms with Crippen molar-refractivity contribution in [2.75, 3.05) is 5.33 Å². The number of benzene rings is 1. The normalized spacial score (nSPS) is 9.57. The molecule has 0 amide bonds. The second-order valence-electron chi connectivity index (χ2n) is 2.79. The summed E-state index contributed by atoms with van der Waals surface area (Å²) >= 11 is 2.95. The molecule has 0 N–H and O–H groups in total. The van der Waals surface area contributed by atoms with Gasteiger partial charge in [-0.2, -0.15) is 5.26 Å². The molecule has 0 aliphatic rings. The van der Waals surface area contributed by atoms with Crippen LogP contribution in [0.3, 0.4) is 0 Å². The minimum atomic E-state index is -0.725. The molecular formula is C10H7BrFNO. The summed E-state index contributed by atoms with van der Waals surface area (Å²) in [5.74, 6) is -1.09. The molecule has 72 valence electrons. The molecule has 0 bridgehead atoms. The van der Waals surface area contributed by atoms with E-state index < -0.39 is 5.82 Å². The van der Waals surface area contributed by atoms with Crippen LogP contribution in [0.2, 0.25) is 0 Å². The highest BCUT2D eigenvalue weighted by atomic mass is 79.9. The number of alkyl halides is 1. The monoisotopic (exact) mass is 255 g/mol. The van der Waals surface area contributed by atoms with Gasteiger partial charge in [0.05, 0.1) is 16.5 Å². The zero-order chi connectivity index (χ0) is 10.7. The average molecular weight is 256 g/mol. The maximum Gasteiger partial charge on any atom is 0.176 e. The summed E-state index contributed by atoms with van der Waals surface area (Å²) in [6.07, 6.45) is 0. The van der Waals surface area contributed by atoms with Gasteiger partial charge < -0.3 is 0 Å². The fourth-order valence-corrected chi connectivity index (χ4v) is 1.40. The van der Waals surface area contributed by atoms with Crippen LogP contribution in [0.5, 0.6) is 0 Å². The van der Waals surface area contributed by atoms with Gasteiger partial charge in [0.1, 0.15) is 6.07 Å². The predicted octanol–water partition coefficient (Wildman–Crippen LogP) is 2.58. The van der Waals surface area contributed by atoms with Crippen molar-refractivity contribution in [3.63, 3.8) is 0 Å². The van der Waals surface area contributed by atoms with Gasteiger partial charge in [0.25, 0.3) is 0 Å². The summed E-state index contributed by atoms with van der Waals surface area (Å²) < 4.78 is 13.5. The van der Waals surface area contributed by atoms with E-state index in [1.807, 2.05) is 0 Å². The van der Waals surface area contributed by atoms with Crippen LogP contribution in [-0.4, -0.2) is 11.1 Å². The van der Waals surface area contributed by atoms with Crippen molar-refractivity contribution < 1.29 is 9.18 Å². The molecule has 14 heavy (non-hydrogen) atoms. The van der Waals surface area contributed by atoms with Gasteiger partial charge in [-0.1, -0.05) is 22.0 Å². The molecule has 0 aliphatic heterocycles. The second-order valence-corrected chi connectivity index (χ2v) is 3.35. The van der Waals surface area contributed by atoms with Gasteiger partial charge in [-0.25, -0.2) is 4.39 Å². The van der Waals surface area contributed by atoms with Gasteiger partial charge in [-0.15, -0.1) is 0 Å². The lowest BCUT2D eigenvalue weighted by molar-refractivity contribution is 0.102. The molecular weight excluding hydrogens is 249 g/mol. The van der Waals surface area contributed by atoms with Crippen molar-refractivity contribution in [3.05, 3.63) is 34.6 Å². The van der Waals surface area contributed by atoms with Crippen molar-refractivity contribution in [1.29, 1.82) is 5.26 Å². The van der Waals surface area contributed by atoms with E-state index in [2.05, 4.69) is 15.9 Å². The van der Waals surface area contributed by atoms with Crippen LogP contribution in [0, 0.1) is 24.1 Å². The molecule has 4 heteroatoms. The lowest BCUT2D eigenvalue weighted by Crippen LogP contribution is -2.05. The molecule has 0 heterocycles. The van der Waals surface area contributed by atoms with E-state index >= 15 is 0 Å². The molecule has 0 atom stereocenters. The molecule has 0 saturated carbocycles. The highest BCUT2D eigenvalue weighted by molar-refractivity contribution is 9.09. The van der Waals surface area contributed by atoms with E-state index in [9.17, 15) is 9.18 Å². The van der Waals surface area contributed by atoms with E-state index in [-0.39, 0.29) is 22.2 Å². The van der Waals surface area contributed by atoms with Crippen molar-refractivity contribution in [1.82, 2.24) is 0 Å². The summed E-state index contributed by atoms with van der Waals surface area (Å²) in [5, 5.41) is 8.72. The number of Topliss-reactive ketones (excluding diaryl/α,β-unsaturated/α-hetero) is 1. The third-order valence-corrected chi connectivity index (χ3v) is 2.39. The predicted molar refractivity (Wildman–Crippen MR) is 54.0 cm³/mol. The number of halogens is 2. The lowest BCUT2D eigenvalue weighted by Gasteiger charge is -2.03. The highest BCUT2D eigenvalue weighted by Gasteiger charge is 2.15. The van der Waals surface area contributed by atoms with Gasteiger partial charge in [0, 0.05) is 0 Å². The van der Waals surface area contributed by atoms with E-state index in [1.165, 1.54) is 6.07 Å². The van der Waals surface area contributed by atoms with E-state index in [0.717, 1.165) is 0 Å². The summed E-state index contributed by atoms with van der Waals surface area (Å²) in [5.41, 5.74) is 0.442. The van der Waals surface area contributed by atoms with Crippen LogP contribution < -0.4 is 0 Å². The SMILES string of the molecule is Cc1ccc(C(=O)CBr)c(F)c1C#N. The Morgan fingerprint density at radius 3 is 2.79 bits per heavy atom. The van der Waals surface area contributed by atoms with E-state index in [4.69, 9.17) is 5.26 Å². The number of carbonyl (C=O) groups excluding carboxylic acids is 1. The zero-order valence-corrected chi connectivity index (χ0v) is 9.06. The Morgan fingerprint density at radius 2 is 2.29 bits per heavy atom. The number of hydrogen-bond donors (Lipinski definition) is 0. The number of aryl methyl sites for hydroxylation is 1. The van der Waals surface area contributed by atoms with Gasteiger partial charge in [0.15, 0.2) is 11.6 Å². The molecule has 0 aliphatic carbocycles. The molecule has 2 nitrogen and oxygen atoms in total.